The summed E-state index contributed by atoms with van der Waals surface area (Å²) in [6.45, 7) is 1.90. The minimum atomic E-state index is -0.949. The van der Waals surface area contributed by atoms with Crippen molar-refractivity contribution >= 4 is 29.5 Å². The normalized spacial score (nSPS) is 14.3. The quantitative estimate of drug-likeness (QED) is 0.444. The highest BCUT2D eigenvalue weighted by atomic mass is 32.2. The van der Waals surface area contributed by atoms with Crippen LogP contribution in [0.5, 0.6) is 5.75 Å². The van der Waals surface area contributed by atoms with Gasteiger partial charge in [-0.2, -0.15) is 11.8 Å². The fourth-order valence-electron chi connectivity index (χ4n) is 2.94. The van der Waals surface area contributed by atoms with Gasteiger partial charge in [-0.25, -0.2) is 4.79 Å². The Bertz CT molecular complexity index is 829. The summed E-state index contributed by atoms with van der Waals surface area (Å²) in [6, 6.07) is 12.8. The number of hydrogen-bond donors (Lipinski definition) is 0. The van der Waals surface area contributed by atoms with Gasteiger partial charge in [0.25, 0.3) is 11.8 Å². The molecule has 2 aromatic carbocycles. The minimum Gasteiger partial charge on any atom is -0.425 e. The van der Waals surface area contributed by atoms with Crippen LogP contribution in [0.2, 0.25) is 0 Å². The Hall–Kier alpha value is -2.60. The molecule has 0 radical (unpaired) electrons. The largest absolute Gasteiger partial charge is 0.425 e. The van der Waals surface area contributed by atoms with Gasteiger partial charge < -0.3 is 4.74 Å². The molecule has 0 unspecified atom stereocenters. The Morgan fingerprint density at radius 1 is 1.08 bits per heavy atom. The number of ether oxygens (including phenoxy) is 1. The third-order valence-electron chi connectivity index (χ3n) is 4.21. The minimum absolute atomic E-state index is 0.329. The van der Waals surface area contributed by atoms with Crippen molar-refractivity contribution in [1.29, 1.82) is 0 Å². The van der Waals surface area contributed by atoms with Crippen LogP contribution in [0.4, 0.5) is 0 Å². The Balaban J connectivity index is 1.88. The van der Waals surface area contributed by atoms with Crippen LogP contribution in [0.3, 0.4) is 0 Å². The van der Waals surface area contributed by atoms with Crippen molar-refractivity contribution in [3.8, 4) is 5.75 Å². The smallest absolute Gasteiger partial charge is 0.334 e. The summed E-state index contributed by atoms with van der Waals surface area (Å²) in [5, 5.41) is 0. The number of aryl methyl sites for hydroxylation is 1. The molecule has 1 aliphatic heterocycles. The zero-order valence-corrected chi connectivity index (χ0v) is 15.4. The van der Waals surface area contributed by atoms with Crippen LogP contribution >= 0.6 is 11.8 Å². The summed E-state index contributed by atoms with van der Waals surface area (Å²) in [7, 11) is 0. The van der Waals surface area contributed by atoms with E-state index in [1.807, 2.05) is 19.2 Å². The zero-order valence-electron chi connectivity index (χ0n) is 14.6. The standard InChI is InChI=1S/C20H19NO4S/c1-13-6-5-7-14(12-13)25-20(24)17(10-11-26-2)21-18(22)15-8-3-4-9-16(15)19(21)23/h3-9,12,17H,10-11H2,1-2H3/t17-/m0/s1. The van der Waals surface area contributed by atoms with Crippen LogP contribution in [0, 0.1) is 6.92 Å². The van der Waals surface area contributed by atoms with E-state index < -0.39 is 23.8 Å². The van der Waals surface area contributed by atoms with Crippen molar-refractivity contribution in [2.24, 2.45) is 0 Å². The molecule has 134 valence electrons. The van der Waals surface area contributed by atoms with Crippen LogP contribution in [0.15, 0.2) is 48.5 Å². The predicted octanol–water partition coefficient (Wildman–Crippen LogP) is 3.32. The average molecular weight is 369 g/mol. The van der Waals surface area contributed by atoms with E-state index in [4.69, 9.17) is 4.74 Å². The second kappa shape index (κ2) is 7.74. The molecular formula is C20H19NO4S. The van der Waals surface area contributed by atoms with Gasteiger partial charge in [-0.05, 0) is 55.2 Å². The van der Waals surface area contributed by atoms with Crippen molar-refractivity contribution in [3.05, 3.63) is 65.2 Å². The van der Waals surface area contributed by atoms with Gasteiger partial charge in [0.15, 0.2) is 0 Å². The number of esters is 1. The van der Waals surface area contributed by atoms with Crippen LogP contribution < -0.4 is 4.74 Å². The molecule has 26 heavy (non-hydrogen) atoms. The zero-order chi connectivity index (χ0) is 18.7. The average Bonchev–Trinajstić information content (AvgIpc) is 2.87. The molecule has 0 saturated carbocycles. The van der Waals surface area contributed by atoms with Gasteiger partial charge in [0.05, 0.1) is 11.1 Å². The molecule has 0 spiro atoms. The number of amides is 2. The molecule has 6 heteroatoms. The summed E-state index contributed by atoms with van der Waals surface area (Å²) in [6.07, 6.45) is 2.25. The lowest BCUT2D eigenvalue weighted by molar-refractivity contribution is -0.138. The molecule has 1 heterocycles. The van der Waals surface area contributed by atoms with E-state index in [-0.39, 0.29) is 0 Å². The van der Waals surface area contributed by atoms with E-state index in [0.29, 0.717) is 29.1 Å². The van der Waals surface area contributed by atoms with E-state index >= 15 is 0 Å². The molecule has 0 aliphatic carbocycles. The maximum absolute atomic E-state index is 12.8. The van der Waals surface area contributed by atoms with Gasteiger partial charge >= 0.3 is 5.97 Å². The fraction of sp³-hybridized carbons (Fsp3) is 0.250. The first kappa shape index (κ1) is 18.2. The number of imide groups is 1. The van der Waals surface area contributed by atoms with Crippen LogP contribution in [0.1, 0.15) is 32.7 Å². The Labute approximate surface area is 156 Å². The Kier molecular flexibility index (Phi) is 5.42. The second-order valence-corrected chi connectivity index (χ2v) is 7.05. The number of hydrogen-bond acceptors (Lipinski definition) is 5. The number of thioether (sulfide) groups is 1. The van der Waals surface area contributed by atoms with E-state index in [2.05, 4.69) is 0 Å². The van der Waals surface area contributed by atoms with Crippen molar-refractivity contribution in [2.45, 2.75) is 19.4 Å². The first-order chi connectivity index (χ1) is 12.5. The maximum Gasteiger partial charge on any atom is 0.334 e. The highest BCUT2D eigenvalue weighted by Gasteiger charge is 2.43. The maximum atomic E-state index is 12.8. The second-order valence-electron chi connectivity index (χ2n) is 6.06. The third-order valence-corrected chi connectivity index (χ3v) is 4.86. The van der Waals surface area contributed by atoms with Crippen LogP contribution in [-0.4, -0.2) is 40.7 Å². The molecule has 1 aliphatic rings. The van der Waals surface area contributed by atoms with Crippen molar-refractivity contribution in [2.75, 3.05) is 12.0 Å². The number of carbonyl (C=O) groups is 3. The third kappa shape index (κ3) is 3.51. The van der Waals surface area contributed by atoms with Gasteiger partial charge in [-0.15, -0.1) is 0 Å². The van der Waals surface area contributed by atoms with Gasteiger partial charge in [-0.1, -0.05) is 24.3 Å². The molecule has 1 atom stereocenters. The summed E-state index contributed by atoms with van der Waals surface area (Å²) < 4.78 is 5.47. The molecule has 2 aromatic rings. The van der Waals surface area contributed by atoms with Gasteiger partial charge in [0.2, 0.25) is 0 Å². The number of rotatable bonds is 6. The van der Waals surface area contributed by atoms with Crippen LogP contribution in [-0.2, 0) is 4.79 Å². The molecule has 5 nitrogen and oxygen atoms in total. The summed E-state index contributed by atoms with van der Waals surface area (Å²) >= 11 is 1.54. The Morgan fingerprint density at radius 3 is 2.31 bits per heavy atom. The van der Waals surface area contributed by atoms with Crippen molar-refractivity contribution in [1.82, 2.24) is 4.90 Å². The lowest BCUT2D eigenvalue weighted by Crippen LogP contribution is -2.47. The lowest BCUT2D eigenvalue weighted by atomic mass is 10.1. The molecule has 3 rings (SSSR count). The topological polar surface area (TPSA) is 63.7 Å². The number of nitrogens with zero attached hydrogens (tertiary/aromatic N) is 1. The van der Waals surface area contributed by atoms with Gasteiger partial charge in [-0.3, -0.25) is 14.5 Å². The molecular weight excluding hydrogens is 350 g/mol. The number of fused-ring (bicyclic) bond motifs is 1. The van der Waals surface area contributed by atoms with Crippen molar-refractivity contribution < 1.29 is 19.1 Å². The molecule has 0 aromatic heterocycles. The van der Waals surface area contributed by atoms with E-state index in [1.165, 1.54) is 0 Å². The first-order valence-electron chi connectivity index (χ1n) is 8.27. The van der Waals surface area contributed by atoms with E-state index in [1.54, 1.807) is 54.2 Å². The fourth-order valence-corrected chi connectivity index (χ4v) is 3.39. The number of carbonyl (C=O) groups excluding carboxylic acids is 3. The number of benzene rings is 2. The summed E-state index contributed by atoms with van der Waals surface area (Å²) in [5.74, 6) is -0.461. The monoisotopic (exact) mass is 369 g/mol. The van der Waals surface area contributed by atoms with Gasteiger partial charge in [0.1, 0.15) is 11.8 Å². The lowest BCUT2D eigenvalue weighted by Gasteiger charge is -2.24. The Morgan fingerprint density at radius 2 is 1.73 bits per heavy atom. The molecule has 2 amide bonds. The molecule has 0 fully saturated rings. The van der Waals surface area contributed by atoms with E-state index in [0.717, 1.165) is 10.5 Å². The molecule has 0 N–H and O–H groups in total. The van der Waals surface area contributed by atoms with E-state index in [9.17, 15) is 14.4 Å². The molecule has 0 saturated heterocycles. The van der Waals surface area contributed by atoms with Gasteiger partial charge in [0, 0.05) is 0 Å². The van der Waals surface area contributed by atoms with Crippen molar-refractivity contribution in [3.63, 3.8) is 0 Å². The highest BCUT2D eigenvalue weighted by Crippen LogP contribution is 2.27. The summed E-state index contributed by atoms with van der Waals surface area (Å²) in [4.78, 5) is 39.2. The SMILES string of the molecule is CSCC[C@@H](C(=O)Oc1cccc(C)c1)N1C(=O)c2ccccc2C1=O. The molecule has 0 bridgehead atoms. The summed E-state index contributed by atoms with van der Waals surface area (Å²) in [5.41, 5.74) is 1.61. The van der Waals surface area contributed by atoms with Crippen LogP contribution in [0.25, 0.3) is 0 Å². The highest BCUT2D eigenvalue weighted by molar-refractivity contribution is 7.98. The predicted molar refractivity (Wildman–Crippen MR) is 101 cm³/mol. The first-order valence-corrected chi connectivity index (χ1v) is 9.66.